The Morgan fingerprint density at radius 3 is 2.54 bits per heavy atom. The standard InChI is InChI=1S/C10H19N3/c1-10(2,3)13-5-6-4-7-9(13)8(6)12-11-7/h6-9,11-12H,4-5H2,1-3H3/t6?,7-,8?,9?/m0/s1. The molecule has 0 amide bonds. The Morgan fingerprint density at radius 2 is 2.00 bits per heavy atom. The Kier molecular flexibility index (Phi) is 1.43. The molecular weight excluding hydrogens is 162 g/mol. The highest BCUT2D eigenvalue weighted by atomic mass is 15.5. The van der Waals surface area contributed by atoms with E-state index in [0.29, 0.717) is 11.6 Å². The maximum absolute atomic E-state index is 3.43. The third-order valence-electron chi connectivity index (χ3n) is 3.93. The molecular formula is C10H19N3. The fraction of sp³-hybridized carbons (Fsp3) is 1.00. The lowest BCUT2D eigenvalue weighted by Gasteiger charge is -2.40. The Labute approximate surface area is 79.8 Å². The van der Waals surface area contributed by atoms with Crippen LogP contribution < -0.4 is 10.9 Å². The molecule has 3 aliphatic rings. The van der Waals surface area contributed by atoms with Crippen LogP contribution in [-0.2, 0) is 0 Å². The molecule has 1 aliphatic carbocycles. The van der Waals surface area contributed by atoms with Crippen LogP contribution in [0, 0.1) is 5.92 Å². The van der Waals surface area contributed by atoms with Crippen molar-refractivity contribution in [2.45, 2.75) is 50.9 Å². The first-order chi connectivity index (χ1) is 6.07. The molecule has 3 heteroatoms. The summed E-state index contributed by atoms with van der Waals surface area (Å²) in [5.74, 6) is 0.899. The van der Waals surface area contributed by atoms with Crippen molar-refractivity contribution in [3.05, 3.63) is 0 Å². The van der Waals surface area contributed by atoms with E-state index >= 15 is 0 Å². The molecule has 3 nitrogen and oxygen atoms in total. The molecule has 2 heterocycles. The van der Waals surface area contributed by atoms with Crippen molar-refractivity contribution in [2.24, 2.45) is 5.92 Å². The summed E-state index contributed by atoms with van der Waals surface area (Å²) in [7, 11) is 0. The summed E-state index contributed by atoms with van der Waals surface area (Å²) in [4.78, 5) is 2.67. The van der Waals surface area contributed by atoms with Gasteiger partial charge >= 0.3 is 0 Å². The quantitative estimate of drug-likeness (QED) is 0.564. The molecule has 74 valence electrons. The first kappa shape index (κ1) is 8.21. The third kappa shape index (κ3) is 0.953. The van der Waals surface area contributed by atoms with Gasteiger partial charge < -0.3 is 0 Å². The lowest BCUT2D eigenvalue weighted by Crippen LogP contribution is -2.53. The largest absolute Gasteiger partial charge is 0.292 e. The summed E-state index contributed by atoms with van der Waals surface area (Å²) in [6, 6.07) is 2.19. The van der Waals surface area contributed by atoms with Gasteiger partial charge in [-0.1, -0.05) is 0 Å². The predicted octanol–water partition coefficient (Wildman–Crippen LogP) is 0.334. The van der Waals surface area contributed by atoms with Gasteiger partial charge in [0.15, 0.2) is 0 Å². The van der Waals surface area contributed by atoms with Crippen molar-refractivity contribution < 1.29 is 0 Å². The van der Waals surface area contributed by atoms with Crippen LogP contribution in [0.25, 0.3) is 0 Å². The van der Waals surface area contributed by atoms with Crippen LogP contribution in [0.15, 0.2) is 0 Å². The molecule has 1 saturated carbocycles. The topological polar surface area (TPSA) is 27.3 Å². The molecule has 3 rings (SSSR count). The minimum atomic E-state index is 0.337. The Hall–Kier alpha value is -0.120. The number of hydrogen-bond acceptors (Lipinski definition) is 3. The zero-order valence-electron chi connectivity index (χ0n) is 8.67. The minimum absolute atomic E-state index is 0.337. The van der Waals surface area contributed by atoms with Crippen LogP contribution in [0.3, 0.4) is 0 Å². The number of piperidine rings is 1. The van der Waals surface area contributed by atoms with Crippen molar-refractivity contribution >= 4 is 0 Å². The van der Waals surface area contributed by atoms with Gasteiger partial charge in [-0.3, -0.25) is 15.8 Å². The van der Waals surface area contributed by atoms with Crippen LogP contribution in [0.2, 0.25) is 0 Å². The SMILES string of the molecule is CC(C)(C)N1CC2C[C@@H]3NNC2C31. The van der Waals surface area contributed by atoms with Crippen molar-refractivity contribution in [1.82, 2.24) is 15.8 Å². The van der Waals surface area contributed by atoms with Crippen molar-refractivity contribution in [3.8, 4) is 0 Å². The molecule has 0 aromatic rings. The second-order valence-corrected chi connectivity index (χ2v) is 5.73. The molecule has 3 unspecified atom stereocenters. The summed E-state index contributed by atoms with van der Waals surface area (Å²) in [6.07, 6.45) is 1.38. The molecule has 4 bridgehead atoms. The van der Waals surface area contributed by atoms with E-state index < -0.39 is 0 Å². The smallest absolute Gasteiger partial charge is 0.0438 e. The molecule has 3 fully saturated rings. The van der Waals surface area contributed by atoms with Crippen molar-refractivity contribution in [3.63, 3.8) is 0 Å². The summed E-state index contributed by atoms with van der Waals surface area (Å²) >= 11 is 0. The zero-order valence-corrected chi connectivity index (χ0v) is 8.67. The number of hydrazine groups is 1. The lowest BCUT2D eigenvalue weighted by molar-refractivity contribution is 0.0839. The highest BCUT2D eigenvalue weighted by Crippen LogP contribution is 2.43. The maximum Gasteiger partial charge on any atom is 0.0438 e. The van der Waals surface area contributed by atoms with E-state index in [-0.39, 0.29) is 0 Å². The van der Waals surface area contributed by atoms with Gasteiger partial charge in [0.2, 0.25) is 0 Å². The predicted molar refractivity (Wildman–Crippen MR) is 52.2 cm³/mol. The number of nitrogens with one attached hydrogen (secondary N) is 2. The van der Waals surface area contributed by atoms with Crippen LogP contribution in [0.4, 0.5) is 0 Å². The fourth-order valence-corrected chi connectivity index (χ4v) is 3.39. The molecule has 2 saturated heterocycles. The summed E-state index contributed by atoms with van der Waals surface area (Å²) in [5.41, 5.74) is 7.16. The maximum atomic E-state index is 3.43. The molecule has 0 aromatic carbocycles. The number of likely N-dealkylation sites (tertiary alicyclic amines) is 1. The number of hydrogen-bond donors (Lipinski definition) is 2. The van der Waals surface area contributed by atoms with E-state index in [0.717, 1.165) is 18.0 Å². The van der Waals surface area contributed by atoms with E-state index in [2.05, 4.69) is 36.5 Å². The van der Waals surface area contributed by atoms with Gasteiger partial charge in [-0.15, -0.1) is 0 Å². The molecule has 0 radical (unpaired) electrons. The summed E-state index contributed by atoms with van der Waals surface area (Å²) in [6.45, 7) is 8.28. The van der Waals surface area contributed by atoms with Gasteiger partial charge in [-0.05, 0) is 33.1 Å². The van der Waals surface area contributed by atoms with Crippen molar-refractivity contribution in [2.75, 3.05) is 6.54 Å². The molecule has 2 N–H and O–H groups in total. The average Bonchev–Trinajstić information content (AvgIpc) is 2.65. The van der Waals surface area contributed by atoms with Gasteiger partial charge in [0.25, 0.3) is 0 Å². The van der Waals surface area contributed by atoms with Crippen LogP contribution in [0.1, 0.15) is 27.2 Å². The average molecular weight is 181 g/mol. The Morgan fingerprint density at radius 1 is 1.23 bits per heavy atom. The van der Waals surface area contributed by atoms with Gasteiger partial charge in [0, 0.05) is 30.2 Å². The molecule has 4 atom stereocenters. The van der Waals surface area contributed by atoms with E-state index in [1.54, 1.807) is 0 Å². The number of rotatable bonds is 0. The molecule has 13 heavy (non-hydrogen) atoms. The first-order valence-electron chi connectivity index (χ1n) is 5.35. The minimum Gasteiger partial charge on any atom is -0.292 e. The fourth-order valence-electron chi connectivity index (χ4n) is 3.39. The number of nitrogens with zero attached hydrogens (tertiary/aromatic N) is 1. The second-order valence-electron chi connectivity index (χ2n) is 5.73. The highest BCUT2D eigenvalue weighted by Gasteiger charge is 2.58. The summed E-state index contributed by atoms with van der Waals surface area (Å²) in [5, 5.41) is 0. The first-order valence-corrected chi connectivity index (χ1v) is 5.35. The van der Waals surface area contributed by atoms with Gasteiger partial charge in [-0.25, -0.2) is 0 Å². The molecule has 0 spiro atoms. The van der Waals surface area contributed by atoms with E-state index in [9.17, 15) is 0 Å². The lowest BCUT2D eigenvalue weighted by atomic mass is 9.98. The Balaban J connectivity index is 1.89. The third-order valence-corrected chi connectivity index (χ3v) is 3.93. The van der Waals surface area contributed by atoms with Gasteiger partial charge in [0.05, 0.1) is 0 Å². The summed E-state index contributed by atoms with van der Waals surface area (Å²) < 4.78 is 0. The molecule has 0 aromatic heterocycles. The highest BCUT2D eigenvalue weighted by molar-refractivity contribution is 5.15. The van der Waals surface area contributed by atoms with Crippen LogP contribution >= 0.6 is 0 Å². The van der Waals surface area contributed by atoms with E-state index in [1.807, 2.05) is 0 Å². The van der Waals surface area contributed by atoms with Crippen LogP contribution in [-0.4, -0.2) is 35.1 Å². The van der Waals surface area contributed by atoms with Gasteiger partial charge in [-0.2, -0.15) is 0 Å². The zero-order chi connectivity index (χ0) is 9.22. The Bertz CT molecular complexity index is 233. The van der Waals surface area contributed by atoms with E-state index in [4.69, 9.17) is 0 Å². The second kappa shape index (κ2) is 2.27. The normalized spacial score (nSPS) is 49.2. The monoisotopic (exact) mass is 181 g/mol. The molecule has 2 aliphatic heterocycles. The van der Waals surface area contributed by atoms with E-state index in [1.165, 1.54) is 13.0 Å². The van der Waals surface area contributed by atoms with Crippen LogP contribution in [0.5, 0.6) is 0 Å². The van der Waals surface area contributed by atoms with Crippen molar-refractivity contribution in [1.29, 1.82) is 0 Å². The van der Waals surface area contributed by atoms with Gasteiger partial charge in [0.1, 0.15) is 0 Å².